The molecule has 4 aromatic rings. The molecule has 2 heterocycles. The maximum atomic E-state index is 13.5. The molecule has 29 heavy (non-hydrogen) atoms. The number of ether oxygens (including phenoxy) is 1. The lowest BCUT2D eigenvalue weighted by Crippen LogP contribution is -2.27. The lowest BCUT2D eigenvalue weighted by molar-refractivity contribution is 0.185. The van der Waals surface area contributed by atoms with E-state index in [-0.39, 0.29) is 5.56 Å². The predicted molar refractivity (Wildman–Crippen MR) is 120 cm³/mol. The zero-order valence-corrected chi connectivity index (χ0v) is 17.8. The van der Waals surface area contributed by atoms with E-state index < -0.39 is 0 Å². The van der Waals surface area contributed by atoms with E-state index in [1.807, 2.05) is 18.2 Å². The van der Waals surface area contributed by atoms with Crippen molar-refractivity contribution in [3.8, 4) is 11.1 Å². The van der Waals surface area contributed by atoms with E-state index in [9.17, 15) is 4.79 Å². The minimum atomic E-state index is 0.00691. The second kappa shape index (κ2) is 8.31. The fourth-order valence-electron chi connectivity index (χ4n) is 3.51. The number of aryl methyl sites for hydroxylation is 2. The zero-order chi connectivity index (χ0) is 20.4. The molecule has 0 bridgehead atoms. The van der Waals surface area contributed by atoms with Crippen molar-refractivity contribution in [2.45, 2.75) is 26.8 Å². The molecule has 0 unspecified atom stereocenters. The van der Waals surface area contributed by atoms with Gasteiger partial charge in [-0.25, -0.2) is 4.98 Å². The Labute approximate surface area is 174 Å². The highest BCUT2D eigenvalue weighted by molar-refractivity contribution is 7.17. The molecule has 4 rings (SSSR count). The number of fused-ring (bicyclic) bond motifs is 1. The summed E-state index contributed by atoms with van der Waals surface area (Å²) in [5.41, 5.74) is 5.63. The number of rotatable bonds is 6. The van der Waals surface area contributed by atoms with E-state index in [0.29, 0.717) is 25.0 Å². The molecule has 2 aromatic carbocycles. The Kier molecular flexibility index (Phi) is 5.60. The Morgan fingerprint density at radius 1 is 1.07 bits per heavy atom. The summed E-state index contributed by atoms with van der Waals surface area (Å²) in [4.78, 5) is 19.2. The van der Waals surface area contributed by atoms with Gasteiger partial charge >= 0.3 is 0 Å². The SMILES string of the molecule is COCCn1c(Cc2ccccc2)nc2scc(-c3ccc(C)c(C)c3)c2c1=O. The fourth-order valence-corrected chi connectivity index (χ4v) is 4.47. The van der Waals surface area contributed by atoms with Crippen LogP contribution in [0.2, 0.25) is 0 Å². The molecule has 4 nitrogen and oxygen atoms in total. The molecule has 0 radical (unpaired) electrons. The fraction of sp³-hybridized carbons (Fsp3) is 0.250. The van der Waals surface area contributed by atoms with Crippen LogP contribution in [0.1, 0.15) is 22.5 Å². The quantitative estimate of drug-likeness (QED) is 0.455. The van der Waals surface area contributed by atoms with Crippen molar-refractivity contribution in [2.75, 3.05) is 13.7 Å². The lowest BCUT2D eigenvalue weighted by Gasteiger charge is -2.13. The Morgan fingerprint density at radius 2 is 1.86 bits per heavy atom. The topological polar surface area (TPSA) is 44.1 Å². The van der Waals surface area contributed by atoms with Gasteiger partial charge in [0.15, 0.2) is 0 Å². The van der Waals surface area contributed by atoms with E-state index in [1.165, 1.54) is 22.5 Å². The molecule has 0 amide bonds. The number of benzene rings is 2. The molecule has 0 aliphatic rings. The van der Waals surface area contributed by atoms with Crippen LogP contribution in [0.3, 0.4) is 0 Å². The number of thiophene rings is 1. The van der Waals surface area contributed by atoms with Gasteiger partial charge in [0.25, 0.3) is 5.56 Å². The van der Waals surface area contributed by atoms with Crippen LogP contribution >= 0.6 is 11.3 Å². The number of aromatic nitrogens is 2. The normalized spacial score (nSPS) is 11.3. The van der Waals surface area contributed by atoms with Crippen LogP contribution in [0.15, 0.2) is 58.7 Å². The first kappa shape index (κ1) is 19.6. The van der Waals surface area contributed by atoms with Crippen molar-refractivity contribution in [3.05, 3.63) is 86.8 Å². The molecule has 0 fully saturated rings. The standard InChI is InChI=1S/C24H24N2O2S/c1-16-9-10-19(13-17(16)2)20-15-29-23-22(20)24(27)26(11-12-28-3)21(25-23)14-18-7-5-4-6-8-18/h4-10,13,15H,11-12,14H2,1-3H3. The summed E-state index contributed by atoms with van der Waals surface area (Å²) >= 11 is 1.53. The number of hydrogen-bond acceptors (Lipinski definition) is 4. The number of nitrogens with zero attached hydrogens (tertiary/aromatic N) is 2. The summed E-state index contributed by atoms with van der Waals surface area (Å²) in [6.45, 7) is 5.15. The van der Waals surface area contributed by atoms with E-state index in [2.05, 4.69) is 49.6 Å². The third kappa shape index (κ3) is 3.88. The van der Waals surface area contributed by atoms with Crippen LogP contribution in [0.5, 0.6) is 0 Å². The van der Waals surface area contributed by atoms with Crippen LogP contribution in [0.25, 0.3) is 21.3 Å². The summed E-state index contributed by atoms with van der Waals surface area (Å²) < 4.78 is 7.03. The third-order valence-corrected chi connectivity index (χ3v) is 6.19. The van der Waals surface area contributed by atoms with Gasteiger partial charge in [-0.2, -0.15) is 0 Å². The molecular formula is C24H24N2O2S. The molecule has 0 aliphatic heterocycles. The second-order valence-corrected chi connectivity index (χ2v) is 8.13. The van der Waals surface area contributed by atoms with Crippen LogP contribution in [-0.2, 0) is 17.7 Å². The van der Waals surface area contributed by atoms with Crippen molar-refractivity contribution >= 4 is 21.6 Å². The highest BCUT2D eigenvalue weighted by atomic mass is 32.1. The number of methoxy groups -OCH3 is 1. The van der Waals surface area contributed by atoms with Crippen LogP contribution < -0.4 is 5.56 Å². The van der Waals surface area contributed by atoms with Gasteiger partial charge in [-0.05, 0) is 36.1 Å². The van der Waals surface area contributed by atoms with Crippen molar-refractivity contribution in [3.63, 3.8) is 0 Å². The molecule has 0 saturated carbocycles. The summed E-state index contributed by atoms with van der Waals surface area (Å²) in [6, 6.07) is 16.5. The Morgan fingerprint density at radius 3 is 2.59 bits per heavy atom. The average molecular weight is 405 g/mol. The first-order valence-corrected chi connectivity index (χ1v) is 10.6. The smallest absolute Gasteiger partial charge is 0.262 e. The van der Waals surface area contributed by atoms with Gasteiger partial charge in [0.1, 0.15) is 10.7 Å². The van der Waals surface area contributed by atoms with Gasteiger partial charge in [-0.3, -0.25) is 9.36 Å². The number of hydrogen-bond donors (Lipinski definition) is 0. The lowest BCUT2D eigenvalue weighted by atomic mass is 10.0. The Balaban J connectivity index is 1.88. The minimum absolute atomic E-state index is 0.00691. The van der Waals surface area contributed by atoms with Gasteiger partial charge in [0.2, 0.25) is 0 Å². The van der Waals surface area contributed by atoms with Gasteiger partial charge in [-0.15, -0.1) is 11.3 Å². The Bertz CT molecular complexity index is 1210. The molecule has 2 aromatic heterocycles. The van der Waals surface area contributed by atoms with Crippen LogP contribution in [-0.4, -0.2) is 23.3 Å². The second-order valence-electron chi connectivity index (χ2n) is 7.27. The molecule has 5 heteroatoms. The Hall–Kier alpha value is -2.76. The highest BCUT2D eigenvalue weighted by Crippen LogP contribution is 2.32. The van der Waals surface area contributed by atoms with Crippen molar-refractivity contribution in [1.82, 2.24) is 9.55 Å². The molecule has 0 atom stereocenters. The van der Waals surface area contributed by atoms with E-state index in [4.69, 9.17) is 9.72 Å². The minimum Gasteiger partial charge on any atom is -0.383 e. The zero-order valence-electron chi connectivity index (χ0n) is 16.9. The molecular weight excluding hydrogens is 380 g/mol. The molecule has 0 aliphatic carbocycles. The van der Waals surface area contributed by atoms with Gasteiger partial charge in [0.05, 0.1) is 18.5 Å². The van der Waals surface area contributed by atoms with Gasteiger partial charge in [0, 0.05) is 24.5 Å². The highest BCUT2D eigenvalue weighted by Gasteiger charge is 2.17. The third-order valence-electron chi connectivity index (χ3n) is 5.31. The first-order chi connectivity index (χ1) is 14.1. The van der Waals surface area contributed by atoms with Crippen LogP contribution in [0, 0.1) is 13.8 Å². The van der Waals surface area contributed by atoms with Crippen molar-refractivity contribution in [1.29, 1.82) is 0 Å². The van der Waals surface area contributed by atoms with E-state index in [1.54, 1.807) is 11.7 Å². The van der Waals surface area contributed by atoms with Crippen molar-refractivity contribution in [2.24, 2.45) is 0 Å². The summed E-state index contributed by atoms with van der Waals surface area (Å²) in [6.07, 6.45) is 0.618. The maximum absolute atomic E-state index is 13.5. The molecule has 0 N–H and O–H groups in total. The maximum Gasteiger partial charge on any atom is 0.262 e. The molecule has 0 saturated heterocycles. The monoisotopic (exact) mass is 404 g/mol. The summed E-state index contributed by atoms with van der Waals surface area (Å²) in [5.74, 6) is 0.777. The van der Waals surface area contributed by atoms with Gasteiger partial charge in [-0.1, -0.05) is 48.5 Å². The summed E-state index contributed by atoms with van der Waals surface area (Å²) in [5, 5.41) is 2.75. The largest absolute Gasteiger partial charge is 0.383 e. The summed E-state index contributed by atoms with van der Waals surface area (Å²) in [7, 11) is 1.65. The predicted octanol–water partition coefficient (Wildman–Crippen LogP) is 4.98. The van der Waals surface area contributed by atoms with Crippen LogP contribution in [0.4, 0.5) is 0 Å². The van der Waals surface area contributed by atoms with E-state index in [0.717, 1.165) is 27.3 Å². The first-order valence-electron chi connectivity index (χ1n) is 9.70. The van der Waals surface area contributed by atoms with E-state index >= 15 is 0 Å². The average Bonchev–Trinajstić information content (AvgIpc) is 3.15. The van der Waals surface area contributed by atoms with Gasteiger partial charge < -0.3 is 4.74 Å². The molecule has 148 valence electrons. The molecule has 0 spiro atoms. The van der Waals surface area contributed by atoms with Crippen molar-refractivity contribution < 1.29 is 4.74 Å².